The molecule has 0 saturated carbocycles. The number of aryl methyl sites for hydroxylation is 1. The van der Waals surface area contributed by atoms with E-state index >= 15 is 0 Å². The van der Waals surface area contributed by atoms with Gasteiger partial charge in [-0.3, -0.25) is 9.48 Å². The minimum absolute atomic E-state index is 0.00920. The van der Waals surface area contributed by atoms with Crippen LogP contribution in [-0.4, -0.2) is 30.5 Å². The Morgan fingerprint density at radius 3 is 2.88 bits per heavy atom. The van der Waals surface area contributed by atoms with Crippen molar-refractivity contribution in [3.8, 4) is 0 Å². The Labute approximate surface area is 184 Å². The average molecular weight is 426 g/mol. The molecule has 4 heterocycles. The van der Waals surface area contributed by atoms with E-state index in [1.165, 1.54) is 0 Å². The van der Waals surface area contributed by atoms with Crippen LogP contribution < -0.4 is 15.5 Å². The fourth-order valence-corrected chi connectivity index (χ4v) is 4.29. The summed E-state index contributed by atoms with van der Waals surface area (Å²) in [5.41, 5.74) is 4.29. The van der Waals surface area contributed by atoms with Gasteiger partial charge in [0.2, 0.25) is 11.9 Å². The summed E-state index contributed by atoms with van der Waals surface area (Å²) in [6, 6.07) is 12.1. The van der Waals surface area contributed by atoms with Gasteiger partial charge >= 0.3 is 0 Å². The van der Waals surface area contributed by atoms with E-state index in [0.29, 0.717) is 12.5 Å². The number of nitrogens with one attached hydrogen (secondary N) is 2. The van der Waals surface area contributed by atoms with Crippen molar-refractivity contribution in [2.75, 3.05) is 15.5 Å². The van der Waals surface area contributed by atoms with Crippen molar-refractivity contribution >= 4 is 46.0 Å². The summed E-state index contributed by atoms with van der Waals surface area (Å²) in [6.45, 7) is 4.46. The summed E-state index contributed by atoms with van der Waals surface area (Å²) in [5.74, 6) is 1.35. The maximum Gasteiger partial charge on any atom is 0.247 e. The minimum atomic E-state index is -0.521. The number of fused-ring (bicyclic) bond motifs is 3. The summed E-state index contributed by atoms with van der Waals surface area (Å²) in [7, 11) is 1.94. The molecule has 0 atom stereocenters. The first-order valence-electron chi connectivity index (χ1n) is 10.4. The molecule has 160 valence electrons. The Bertz CT molecular complexity index is 1430. The van der Waals surface area contributed by atoms with Gasteiger partial charge in [0.05, 0.1) is 23.7 Å². The Morgan fingerprint density at radius 1 is 1.12 bits per heavy atom. The van der Waals surface area contributed by atoms with Crippen molar-refractivity contribution in [3.63, 3.8) is 0 Å². The van der Waals surface area contributed by atoms with E-state index < -0.39 is 5.41 Å². The highest BCUT2D eigenvalue weighted by molar-refractivity contribution is 6.06. The van der Waals surface area contributed by atoms with Crippen molar-refractivity contribution in [1.29, 1.82) is 0 Å². The first-order valence-corrected chi connectivity index (χ1v) is 10.4. The summed E-state index contributed by atoms with van der Waals surface area (Å²) in [4.78, 5) is 19.0. The van der Waals surface area contributed by atoms with Crippen LogP contribution in [0.3, 0.4) is 0 Å². The number of carbonyl (C=O) groups excluding carboxylic acids is 1. The van der Waals surface area contributed by atoms with Crippen molar-refractivity contribution in [2.45, 2.75) is 25.8 Å². The third-order valence-corrected chi connectivity index (χ3v) is 6.23. The number of nitrogens with zero attached hydrogens (tertiary/aromatic N) is 6. The maximum atomic E-state index is 12.2. The smallest absolute Gasteiger partial charge is 0.247 e. The van der Waals surface area contributed by atoms with Gasteiger partial charge in [-0.1, -0.05) is 6.07 Å². The molecule has 6 rings (SSSR count). The fourth-order valence-electron chi connectivity index (χ4n) is 4.29. The van der Waals surface area contributed by atoms with Crippen LogP contribution >= 0.6 is 0 Å². The normalized spacial score (nSPS) is 16.2. The lowest BCUT2D eigenvalue weighted by molar-refractivity contribution is -0.119. The van der Waals surface area contributed by atoms with Crippen LogP contribution in [0, 0.1) is 0 Å². The Balaban J connectivity index is 1.23. The number of amides is 1. The van der Waals surface area contributed by atoms with E-state index in [4.69, 9.17) is 0 Å². The lowest BCUT2D eigenvalue weighted by Gasteiger charge is -2.23. The molecule has 0 aliphatic carbocycles. The number of hydrogen-bond acceptors (Lipinski definition) is 6. The molecule has 0 saturated heterocycles. The van der Waals surface area contributed by atoms with Crippen molar-refractivity contribution in [3.05, 3.63) is 60.2 Å². The Hall–Kier alpha value is -4.14. The second-order valence-corrected chi connectivity index (χ2v) is 8.70. The Kier molecular flexibility index (Phi) is 3.74. The zero-order valence-electron chi connectivity index (χ0n) is 18.0. The molecule has 0 spiro atoms. The standard InChI is InChI=1S/C23H22N8O/c1-23(2)17-6-4-15(11-18(17)26-21(23)32)25-22-27-20-13-30(8-9-31(20)28-22)16-5-7-19-14(10-16)12-24-29(19)3/h4-12H,13H2,1-3H3,(H,25,28)(H,26,32). The number of rotatable bonds is 3. The third-order valence-electron chi connectivity index (χ3n) is 6.23. The molecule has 0 bridgehead atoms. The van der Waals surface area contributed by atoms with Crippen molar-refractivity contribution < 1.29 is 4.79 Å². The molecular formula is C23H22N8O. The predicted molar refractivity (Wildman–Crippen MR) is 124 cm³/mol. The van der Waals surface area contributed by atoms with Gasteiger partial charge in [-0.05, 0) is 49.7 Å². The van der Waals surface area contributed by atoms with Crippen molar-refractivity contribution in [2.24, 2.45) is 7.05 Å². The van der Waals surface area contributed by atoms with Crippen LogP contribution in [0.15, 0.2) is 48.8 Å². The largest absolute Gasteiger partial charge is 0.339 e. The SMILES string of the molecule is Cn1ncc2cc(N3C=Cn4nc(Nc5ccc6c(c5)NC(=O)C6(C)C)nc4C3)ccc21. The van der Waals surface area contributed by atoms with Crippen LogP contribution in [0.4, 0.5) is 23.0 Å². The lowest BCUT2D eigenvalue weighted by atomic mass is 9.86. The molecule has 2 aromatic carbocycles. The van der Waals surface area contributed by atoms with Gasteiger partial charge in [0.15, 0.2) is 5.82 Å². The molecule has 0 fully saturated rings. The second-order valence-electron chi connectivity index (χ2n) is 8.70. The third kappa shape index (κ3) is 2.78. The topological polar surface area (TPSA) is 92.9 Å². The van der Waals surface area contributed by atoms with E-state index in [1.807, 2.05) is 62.4 Å². The quantitative estimate of drug-likeness (QED) is 0.520. The van der Waals surface area contributed by atoms with E-state index in [1.54, 1.807) is 4.68 Å². The number of anilines is 4. The summed E-state index contributed by atoms with van der Waals surface area (Å²) in [5, 5.41) is 16.2. The Morgan fingerprint density at radius 2 is 2.00 bits per heavy atom. The maximum absolute atomic E-state index is 12.2. The molecule has 0 unspecified atom stereocenters. The molecule has 9 heteroatoms. The van der Waals surface area contributed by atoms with E-state index in [0.717, 1.165) is 39.4 Å². The molecule has 2 aromatic heterocycles. The van der Waals surface area contributed by atoms with Gasteiger partial charge in [0.25, 0.3) is 0 Å². The molecule has 32 heavy (non-hydrogen) atoms. The van der Waals surface area contributed by atoms with Gasteiger partial charge in [-0.2, -0.15) is 10.1 Å². The highest BCUT2D eigenvalue weighted by Gasteiger charge is 2.38. The zero-order chi connectivity index (χ0) is 22.0. The first kappa shape index (κ1) is 18.6. The molecule has 0 radical (unpaired) electrons. The van der Waals surface area contributed by atoms with E-state index in [2.05, 4.69) is 48.9 Å². The molecular weight excluding hydrogens is 404 g/mol. The molecule has 1 amide bonds. The number of carbonyl (C=O) groups is 1. The van der Waals surface area contributed by atoms with Gasteiger partial charge in [0, 0.05) is 41.9 Å². The molecule has 9 nitrogen and oxygen atoms in total. The van der Waals surface area contributed by atoms with Crippen LogP contribution in [-0.2, 0) is 23.8 Å². The summed E-state index contributed by atoms with van der Waals surface area (Å²) < 4.78 is 3.64. The minimum Gasteiger partial charge on any atom is -0.339 e. The van der Waals surface area contributed by atoms with E-state index in [-0.39, 0.29) is 5.91 Å². The number of aromatic nitrogens is 5. The van der Waals surface area contributed by atoms with Crippen LogP contribution in [0.2, 0.25) is 0 Å². The predicted octanol–water partition coefficient (Wildman–Crippen LogP) is 3.59. The monoisotopic (exact) mass is 426 g/mol. The van der Waals surface area contributed by atoms with Gasteiger partial charge in [0.1, 0.15) is 0 Å². The molecule has 2 N–H and O–H groups in total. The first-order chi connectivity index (χ1) is 15.4. The molecule has 4 aromatic rings. The highest BCUT2D eigenvalue weighted by atomic mass is 16.2. The van der Waals surface area contributed by atoms with Crippen LogP contribution in [0.1, 0.15) is 25.2 Å². The van der Waals surface area contributed by atoms with Crippen LogP contribution in [0.5, 0.6) is 0 Å². The van der Waals surface area contributed by atoms with Crippen LogP contribution in [0.25, 0.3) is 17.1 Å². The van der Waals surface area contributed by atoms with Gasteiger partial charge in [-0.25, -0.2) is 4.68 Å². The molecule has 2 aliphatic rings. The number of hydrogen-bond donors (Lipinski definition) is 2. The molecule has 2 aliphatic heterocycles. The number of benzene rings is 2. The van der Waals surface area contributed by atoms with E-state index in [9.17, 15) is 4.79 Å². The fraction of sp³-hybridized carbons (Fsp3) is 0.217. The van der Waals surface area contributed by atoms with Gasteiger partial charge in [-0.15, -0.1) is 5.10 Å². The van der Waals surface area contributed by atoms with Gasteiger partial charge < -0.3 is 15.5 Å². The summed E-state index contributed by atoms with van der Waals surface area (Å²) in [6.07, 6.45) is 5.77. The summed E-state index contributed by atoms with van der Waals surface area (Å²) >= 11 is 0. The lowest BCUT2D eigenvalue weighted by Crippen LogP contribution is -2.26. The zero-order valence-corrected chi connectivity index (χ0v) is 18.0. The second kappa shape index (κ2) is 6.43. The van der Waals surface area contributed by atoms with Crippen molar-refractivity contribution in [1.82, 2.24) is 24.5 Å². The average Bonchev–Trinajstić information content (AvgIpc) is 3.41. The highest BCUT2D eigenvalue weighted by Crippen LogP contribution is 2.39.